The van der Waals surface area contributed by atoms with E-state index in [9.17, 15) is 12.8 Å². The highest BCUT2D eigenvalue weighted by Crippen LogP contribution is 2.22. The summed E-state index contributed by atoms with van der Waals surface area (Å²) in [6.45, 7) is 7.22. The maximum absolute atomic E-state index is 13.4. The van der Waals surface area contributed by atoms with E-state index in [0.717, 1.165) is 5.56 Å². The predicted octanol–water partition coefficient (Wildman–Crippen LogP) is 1.60. The molecule has 0 spiro atoms. The van der Waals surface area contributed by atoms with E-state index in [1.807, 2.05) is 19.9 Å². The molecule has 0 fully saturated rings. The van der Waals surface area contributed by atoms with Crippen LogP contribution >= 0.6 is 0 Å². The van der Waals surface area contributed by atoms with Crippen LogP contribution in [0.4, 0.5) is 4.39 Å². The Morgan fingerprint density at radius 3 is 2.56 bits per heavy atom. The molecule has 8 heteroatoms. The number of aliphatic imine (C=N–C) groups is 1. The minimum Gasteiger partial charge on any atom is -0.356 e. The average Bonchev–Trinajstić information content (AvgIpc) is 2.57. The Morgan fingerprint density at radius 2 is 1.96 bits per heavy atom. The van der Waals surface area contributed by atoms with Gasteiger partial charge in [-0.15, -0.1) is 0 Å². The number of sulfonamides is 1. The van der Waals surface area contributed by atoms with Crippen molar-refractivity contribution >= 4 is 16.0 Å². The van der Waals surface area contributed by atoms with Crippen LogP contribution in [0.2, 0.25) is 0 Å². The first-order valence-corrected chi connectivity index (χ1v) is 10.0. The molecule has 142 valence electrons. The Hall–Kier alpha value is -1.67. The lowest BCUT2D eigenvalue weighted by atomic mass is 9.84. The second kappa shape index (κ2) is 9.72. The molecule has 0 saturated heterocycles. The normalized spacial score (nSPS) is 12.9. The van der Waals surface area contributed by atoms with Crippen LogP contribution in [-0.4, -0.2) is 46.8 Å². The highest BCUT2D eigenvalue weighted by Gasteiger charge is 2.21. The number of nitrogens with one attached hydrogen (secondary N) is 3. The zero-order valence-electron chi connectivity index (χ0n) is 15.4. The summed E-state index contributed by atoms with van der Waals surface area (Å²) in [6.07, 6.45) is 0.646. The van der Waals surface area contributed by atoms with Gasteiger partial charge < -0.3 is 10.6 Å². The van der Waals surface area contributed by atoms with E-state index in [1.54, 1.807) is 20.0 Å². The first kappa shape index (κ1) is 21.4. The van der Waals surface area contributed by atoms with Crippen LogP contribution < -0.4 is 15.4 Å². The van der Waals surface area contributed by atoms with Gasteiger partial charge in [0.25, 0.3) is 0 Å². The molecule has 6 nitrogen and oxygen atoms in total. The van der Waals surface area contributed by atoms with Crippen LogP contribution in [0.3, 0.4) is 0 Å². The Labute approximate surface area is 150 Å². The van der Waals surface area contributed by atoms with Gasteiger partial charge in [0.2, 0.25) is 10.0 Å². The molecule has 0 bridgehead atoms. The molecule has 0 heterocycles. The molecule has 1 aromatic rings. The maximum Gasteiger partial charge on any atom is 0.211 e. The molecule has 0 aliphatic rings. The van der Waals surface area contributed by atoms with Crippen molar-refractivity contribution in [1.82, 2.24) is 15.4 Å². The van der Waals surface area contributed by atoms with Crippen LogP contribution in [-0.2, 0) is 15.4 Å². The number of guanidine groups is 1. The third kappa shape index (κ3) is 7.83. The fraction of sp³-hybridized carbons (Fsp3) is 0.588. The lowest BCUT2D eigenvalue weighted by molar-refractivity contribution is 0.503. The van der Waals surface area contributed by atoms with Crippen molar-refractivity contribution in [2.24, 2.45) is 4.99 Å². The summed E-state index contributed by atoms with van der Waals surface area (Å²) in [5.41, 5.74) is 0.639. The SMILES string of the molecule is CCS(=O)(=O)NCCCNC(=NC)NCC(C)(C)c1cccc(F)c1. The summed E-state index contributed by atoms with van der Waals surface area (Å²) in [7, 11) is -1.47. The molecule has 0 unspecified atom stereocenters. The van der Waals surface area contributed by atoms with Crippen molar-refractivity contribution in [1.29, 1.82) is 0 Å². The third-order valence-corrected chi connectivity index (χ3v) is 5.28. The van der Waals surface area contributed by atoms with Crippen LogP contribution in [0.5, 0.6) is 0 Å². The largest absolute Gasteiger partial charge is 0.356 e. The van der Waals surface area contributed by atoms with Gasteiger partial charge in [-0.05, 0) is 31.0 Å². The molecule has 0 atom stereocenters. The Morgan fingerprint density at radius 1 is 1.24 bits per heavy atom. The predicted molar refractivity (Wildman–Crippen MR) is 101 cm³/mol. The standard InChI is InChI=1S/C17H29FN4O2S/c1-5-25(23,24)22-11-7-10-20-16(19-4)21-13-17(2,3)14-8-6-9-15(18)12-14/h6,8-9,12,22H,5,7,10-11,13H2,1-4H3,(H2,19,20,21). The molecule has 0 aliphatic carbocycles. The molecule has 25 heavy (non-hydrogen) atoms. The van der Waals surface area contributed by atoms with Gasteiger partial charge in [-0.3, -0.25) is 4.99 Å². The minimum absolute atomic E-state index is 0.0822. The first-order chi connectivity index (χ1) is 11.7. The van der Waals surface area contributed by atoms with Crippen LogP contribution in [0.1, 0.15) is 32.8 Å². The number of nitrogens with zero attached hydrogens (tertiary/aromatic N) is 1. The van der Waals surface area contributed by atoms with Gasteiger partial charge >= 0.3 is 0 Å². The monoisotopic (exact) mass is 372 g/mol. The Kier molecular flexibility index (Phi) is 8.31. The number of hydrogen-bond donors (Lipinski definition) is 3. The van der Waals surface area contributed by atoms with Gasteiger partial charge in [0.15, 0.2) is 5.96 Å². The van der Waals surface area contributed by atoms with Gasteiger partial charge in [0, 0.05) is 32.1 Å². The molecule has 0 aliphatic heterocycles. The number of halogens is 1. The zero-order chi connectivity index (χ0) is 18.9. The molecule has 1 aromatic carbocycles. The topological polar surface area (TPSA) is 82.6 Å². The van der Waals surface area contributed by atoms with Crippen molar-refractivity contribution < 1.29 is 12.8 Å². The van der Waals surface area contributed by atoms with Crippen molar-refractivity contribution in [2.45, 2.75) is 32.6 Å². The Balaban J connectivity index is 2.41. The number of benzene rings is 1. The molecule has 1 rings (SSSR count). The van der Waals surface area contributed by atoms with E-state index in [2.05, 4.69) is 20.3 Å². The summed E-state index contributed by atoms with van der Waals surface area (Å²) in [6, 6.07) is 6.58. The van der Waals surface area contributed by atoms with Gasteiger partial charge in [-0.25, -0.2) is 17.5 Å². The van der Waals surface area contributed by atoms with Gasteiger partial charge in [0.05, 0.1) is 5.75 Å². The van der Waals surface area contributed by atoms with Crippen molar-refractivity contribution in [3.63, 3.8) is 0 Å². The van der Waals surface area contributed by atoms with Crippen molar-refractivity contribution in [2.75, 3.05) is 32.4 Å². The van der Waals surface area contributed by atoms with Crippen LogP contribution in [0, 0.1) is 5.82 Å². The number of hydrogen-bond acceptors (Lipinski definition) is 3. The second-order valence-electron chi connectivity index (χ2n) is 6.40. The quantitative estimate of drug-likeness (QED) is 0.349. The lowest BCUT2D eigenvalue weighted by Crippen LogP contribution is -2.44. The lowest BCUT2D eigenvalue weighted by Gasteiger charge is -2.26. The third-order valence-electron chi connectivity index (χ3n) is 3.88. The Bertz CT molecular complexity index is 675. The summed E-state index contributed by atoms with van der Waals surface area (Å²) in [5.74, 6) is 0.462. The van der Waals surface area contributed by atoms with E-state index in [1.165, 1.54) is 12.1 Å². The second-order valence-corrected chi connectivity index (χ2v) is 8.49. The maximum atomic E-state index is 13.4. The highest BCUT2D eigenvalue weighted by molar-refractivity contribution is 7.89. The van der Waals surface area contributed by atoms with E-state index < -0.39 is 10.0 Å². The molecule has 0 aromatic heterocycles. The van der Waals surface area contributed by atoms with Crippen LogP contribution in [0.25, 0.3) is 0 Å². The molecule has 3 N–H and O–H groups in total. The molecule has 0 amide bonds. The van der Waals surface area contributed by atoms with Gasteiger partial charge in [-0.1, -0.05) is 26.0 Å². The molecule has 0 saturated carbocycles. The average molecular weight is 373 g/mol. The minimum atomic E-state index is -3.14. The van der Waals surface area contributed by atoms with Crippen LogP contribution in [0.15, 0.2) is 29.3 Å². The highest BCUT2D eigenvalue weighted by atomic mass is 32.2. The van der Waals surface area contributed by atoms with E-state index in [-0.39, 0.29) is 17.0 Å². The van der Waals surface area contributed by atoms with Gasteiger partial charge in [0.1, 0.15) is 5.82 Å². The van der Waals surface area contributed by atoms with E-state index in [4.69, 9.17) is 0 Å². The summed E-state index contributed by atoms with van der Waals surface area (Å²) in [4.78, 5) is 4.15. The smallest absolute Gasteiger partial charge is 0.211 e. The summed E-state index contributed by atoms with van der Waals surface area (Å²) >= 11 is 0. The van der Waals surface area contributed by atoms with E-state index in [0.29, 0.717) is 32.0 Å². The zero-order valence-corrected chi connectivity index (χ0v) is 16.2. The molecular weight excluding hydrogens is 343 g/mol. The fourth-order valence-electron chi connectivity index (χ4n) is 2.16. The summed E-state index contributed by atoms with van der Waals surface area (Å²) < 4.78 is 38.6. The van der Waals surface area contributed by atoms with Crippen molar-refractivity contribution in [3.8, 4) is 0 Å². The van der Waals surface area contributed by atoms with Crippen molar-refractivity contribution in [3.05, 3.63) is 35.6 Å². The first-order valence-electron chi connectivity index (χ1n) is 8.38. The van der Waals surface area contributed by atoms with E-state index >= 15 is 0 Å². The fourth-order valence-corrected chi connectivity index (χ4v) is 2.82. The van der Waals surface area contributed by atoms with Gasteiger partial charge in [-0.2, -0.15) is 0 Å². The summed E-state index contributed by atoms with van der Waals surface area (Å²) in [5, 5.41) is 6.36. The molecular formula is C17H29FN4O2S. The number of rotatable bonds is 9. The molecule has 0 radical (unpaired) electrons.